The molecule has 1 N–H and O–H groups in total. The Morgan fingerprint density at radius 2 is 1.97 bits per heavy atom. The van der Waals surface area contributed by atoms with Crippen molar-refractivity contribution in [2.45, 2.75) is 24.9 Å². The van der Waals surface area contributed by atoms with Crippen LogP contribution in [0.2, 0.25) is 0 Å². The number of alkyl halides is 3. The van der Waals surface area contributed by atoms with Crippen molar-refractivity contribution in [3.05, 3.63) is 70.8 Å². The van der Waals surface area contributed by atoms with E-state index in [-0.39, 0.29) is 23.0 Å². The Balaban J connectivity index is 1.48. The first-order chi connectivity index (χ1) is 14.2. The fourth-order valence-corrected chi connectivity index (χ4v) is 3.96. The van der Waals surface area contributed by atoms with Gasteiger partial charge in [-0.05, 0) is 43.0 Å². The lowest BCUT2D eigenvalue weighted by Gasteiger charge is -2.08. The van der Waals surface area contributed by atoms with Gasteiger partial charge in [0.25, 0.3) is 5.91 Å². The SMILES string of the molecule is O=C(Nc1ccc(C(F)(F)F)nc1)c1nn(-c2ccc(F)cc2F)c2c1C[C@H]1C[C@@H]21. The number of carbonyl (C=O) groups excluding carboxylic acids is 1. The maximum Gasteiger partial charge on any atom is 0.433 e. The molecule has 1 saturated carbocycles. The highest BCUT2D eigenvalue weighted by Gasteiger charge is 2.50. The number of hydrogen-bond donors (Lipinski definition) is 1. The van der Waals surface area contributed by atoms with Crippen molar-refractivity contribution < 1.29 is 26.7 Å². The maximum atomic E-state index is 14.3. The van der Waals surface area contributed by atoms with Gasteiger partial charge in [0.05, 0.1) is 17.6 Å². The van der Waals surface area contributed by atoms with Crippen molar-refractivity contribution in [3.63, 3.8) is 0 Å². The number of nitrogens with zero attached hydrogens (tertiary/aromatic N) is 3. The summed E-state index contributed by atoms with van der Waals surface area (Å²) in [5.74, 6) is -1.64. The monoisotopic (exact) mass is 420 g/mol. The van der Waals surface area contributed by atoms with Crippen molar-refractivity contribution in [2.75, 3.05) is 5.32 Å². The van der Waals surface area contributed by atoms with E-state index in [0.29, 0.717) is 17.9 Å². The number of nitrogens with one attached hydrogen (secondary N) is 1. The Hall–Kier alpha value is -3.30. The Labute approximate surface area is 166 Å². The van der Waals surface area contributed by atoms with E-state index >= 15 is 0 Å². The standard InChI is InChI=1S/C20H13F5N4O/c21-10-1-3-15(14(22)7-10)29-18-12-5-9(12)6-13(18)17(28-29)19(30)27-11-2-4-16(26-8-11)20(23,24)25/h1-4,7-9,12H,5-6H2,(H,27,30)/t9-,12-/m1/s1. The molecule has 0 bridgehead atoms. The van der Waals surface area contributed by atoms with E-state index in [1.165, 1.54) is 10.7 Å². The first-order valence-electron chi connectivity index (χ1n) is 9.14. The highest BCUT2D eigenvalue weighted by molar-refractivity contribution is 6.04. The Bertz CT molecular complexity index is 1170. The molecule has 0 aliphatic heterocycles. The van der Waals surface area contributed by atoms with Gasteiger partial charge in [0.2, 0.25) is 0 Å². The predicted molar refractivity (Wildman–Crippen MR) is 95.2 cm³/mol. The molecule has 0 radical (unpaired) electrons. The van der Waals surface area contributed by atoms with E-state index in [9.17, 15) is 26.7 Å². The average Bonchev–Trinajstić information content (AvgIpc) is 3.18. The summed E-state index contributed by atoms with van der Waals surface area (Å²) in [6, 6.07) is 4.98. The van der Waals surface area contributed by atoms with Gasteiger partial charge in [-0.15, -0.1) is 0 Å². The molecule has 30 heavy (non-hydrogen) atoms. The number of pyridine rings is 1. The molecule has 2 atom stereocenters. The molecule has 5 nitrogen and oxygen atoms in total. The summed E-state index contributed by atoms with van der Waals surface area (Å²) in [4.78, 5) is 16.1. The summed E-state index contributed by atoms with van der Waals surface area (Å²) in [5, 5.41) is 6.75. The molecule has 154 valence electrons. The number of hydrogen-bond acceptors (Lipinski definition) is 3. The third-order valence-electron chi connectivity index (χ3n) is 5.43. The minimum absolute atomic E-state index is 0.0375. The average molecular weight is 420 g/mol. The zero-order chi connectivity index (χ0) is 21.2. The molecule has 2 aliphatic carbocycles. The summed E-state index contributed by atoms with van der Waals surface area (Å²) >= 11 is 0. The van der Waals surface area contributed by atoms with Crippen LogP contribution in [0.25, 0.3) is 5.69 Å². The molecule has 3 aromatic rings. The largest absolute Gasteiger partial charge is 0.433 e. The smallest absolute Gasteiger partial charge is 0.319 e. The van der Waals surface area contributed by atoms with Crippen molar-refractivity contribution in [3.8, 4) is 5.69 Å². The maximum absolute atomic E-state index is 14.3. The van der Waals surface area contributed by atoms with E-state index in [4.69, 9.17) is 0 Å². The van der Waals surface area contributed by atoms with Crippen molar-refractivity contribution >= 4 is 11.6 Å². The summed E-state index contributed by atoms with van der Waals surface area (Å²) < 4.78 is 66.9. The zero-order valence-corrected chi connectivity index (χ0v) is 15.2. The number of fused-ring (bicyclic) bond motifs is 3. The van der Waals surface area contributed by atoms with E-state index in [1.807, 2.05) is 0 Å². The number of rotatable bonds is 3. The molecular weight excluding hydrogens is 407 g/mol. The molecule has 2 aromatic heterocycles. The van der Waals surface area contributed by atoms with Crippen LogP contribution in [0, 0.1) is 17.6 Å². The fraction of sp³-hybridized carbons (Fsp3) is 0.250. The van der Waals surface area contributed by atoms with Gasteiger partial charge in [-0.3, -0.25) is 4.79 Å². The second-order valence-electron chi connectivity index (χ2n) is 7.41. The van der Waals surface area contributed by atoms with E-state index in [2.05, 4.69) is 15.4 Å². The predicted octanol–water partition coefficient (Wildman–Crippen LogP) is 4.48. The van der Waals surface area contributed by atoms with Gasteiger partial charge in [0.15, 0.2) is 11.5 Å². The van der Waals surface area contributed by atoms with Crippen LogP contribution in [-0.2, 0) is 12.6 Å². The minimum atomic E-state index is -4.58. The van der Waals surface area contributed by atoms with Gasteiger partial charge in [-0.25, -0.2) is 18.4 Å². The first kappa shape index (κ1) is 18.7. The van der Waals surface area contributed by atoms with Gasteiger partial charge < -0.3 is 5.32 Å². The first-order valence-corrected chi connectivity index (χ1v) is 9.14. The van der Waals surface area contributed by atoms with Gasteiger partial charge in [0.1, 0.15) is 17.2 Å². The summed E-state index contributed by atoms with van der Waals surface area (Å²) in [6.07, 6.45) is -2.15. The highest BCUT2D eigenvalue weighted by atomic mass is 19.4. The van der Waals surface area contributed by atoms with Crippen LogP contribution in [0.15, 0.2) is 36.5 Å². The Kier molecular flexibility index (Phi) is 3.96. The fourth-order valence-electron chi connectivity index (χ4n) is 3.96. The lowest BCUT2D eigenvalue weighted by Crippen LogP contribution is -2.16. The molecule has 2 heterocycles. The molecule has 0 unspecified atom stereocenters. The summed E-state index contributed by atoms with van der Waals surface area (Å²) in [6.45, 7) is 0. The van der Waals surface area contributed by atoms with Crippen molar-refractivity contribution in [1.29, 1.82) is 0 Å². The minimum Gasteiger partial charge on any atom is -0.319 e. The van der Waals surface area contributed by atoms with E-state index in [0.717, 1.165) is 42.6 Å². The highest BCUT2D eigenvalue weighted by Crippen LogP contribution is 2.57. The third kappa shape index (κ3) is 3.03. The molecule has 2 aliphatic rings. The van der Waals surface area contributed by atoms with E-state index < -0.39 is 29.4 Å². The molecule has 1 fully saturated rings. The second-order valence-corrected chi connectivity index (χ2v) is 7.41. The van der Waals surface area contributed by atoms with Crippen molar-refractivity contribution in [1.82, 2.24) is 14.8 Å². The van der Waals surface area contributed by atoms with Gasteiger partial charge in [-0.2, -0.15) is 18.3 Å². The van der Waals surface area contributed by atoms with Gasteiger partial charge in [0, 0.05) is 17.5 Å². The Morgan fingerprint density at radius 1 is 1.17 bits per heavy atom. The summed E-state index contributed by atoms with van der Waals surface area (Å²) in [5.41, 5.74) is 0.514. The van der Waals surface area contributed by atoms with Crippen LogP contribution < -0.4 is 5.32 Å². The molecule has 1 aromatic carbocycles. The number of benzene rings is 1. The molecule has 0 spiro atoms. The molecule has 10 heteroatoms. The molecule has 5 rings (SSSR count). The normalized spacial score (nSPS) is 19.4. The van der Waals surface area contributed by atoms with Gasteiger partial charge in [-0.1, -0.05) is 0 Å². The lowest BCUT2D eigenvalue weighted by atomic mass is 10.1. The lowest BCUT2D eigenvalue weighted by molar-refractivity contribution is -0.141. The van der Waals surface area contributed by atoms with Crippen LogP contribution in [0.1, 0.15) is 39.8 Å². The van der Waals surface area contributed by atoms with Gasteiger partial charge >= 0.3 is 6.18 Å². The number of amides is 1. The van der Waals surface area contributed by atoms with Crippen LogP contribution in [0.3, 0.4) is 0 Å². The topological polar surface area (TPSA) is 59.8 Å². The quantitative estimate of drug-likeness (QED) is 0.636. The number of carbonyl (C=O) groups is 1. The molecular formula is C20H13F5N4O. The van der Waals surface area contributed by atoms with E-state index in [1.54, 1.807) is 0 Å². The zero-order valence-electron chi connectivity index (χ0n) is 15.2. The second kappa shape index (κ2) is 6.35. The van der Waals surface area contributed by atoms with Crippen LogP contribution in [0.4, 0.5) is 27.6 Å². The van der Waals surface area contributed by atoms with Crippen LogP contribution >= 0.6 is 0 Å². The number of aromatic nitrogens is 3. The molecule has 1 amide bonds. The van der Waals surface area contributed by atoms with Crippen molar-refractivity contribution in [2.24, 2.45) is 5.92 Å². The Morgan fingerprint density at radius 3 is 2.63 bits per heavy atom. The number of anilines is 1. The third-order valence-corrected chi connectivity index (χ3v) is 5.43. The molecule has 0 saturated heterocycles. The van der Waals surface area contributed by atoms with Crippen LogP contribution in [-0.4, -0.2) is 20.7 Å². The number of halogens is 5. The summed E-state index contributed by atoms with van der Waals surface area (Å²) in [7, 11) is 0. The van der Waals surface area contributed by atoms with Crippen LogP contribution in [0.5, 0.6) is 0 Å².